The van der Waals surface area contributed by atoms with E-state index in [2.05, 4.69) is 4.90 Å². The van der Waals surface area contributed by atoms with Crippen LogP contribution in [0.15, 0.2) is 18.2 Å². The summed E-state index contributed by atoms with van der Waals surface area (Å²) in [5.74, 6) is -0.230. The van der Waals surface area contributed by atoms with Crippen molar-refractivity contribution in [3.8, 4) is 0 Å². The third-order valence-electron chi connectivity index (χ3n) is 6.63. The second kappa shape index (κ2) is 7.78. The molecule has 4 rings (SSSR count). The number of rotatable bonds is 6. The first-order chi connectivity index (χ1) is 13.9. The maximum absolute atomic E-state index is 13.1. The molecule has 2 fully saturated rings. The summed E-state index contributed by atoms with van der Waals surface area (Å²) in [5, 5.41) is 0. The Kier molecular flexibility index (Phi) is 5.34. The number of carbonyl (C=O) groups is 3. The van der Waals surface area contributed by atoms with Crippen molar-refractivity contribution < 1.29 is 19.1 Å². The molecule has 156 valence electrons. The molecule has 2 aliphatic heterocycles. The van der Waals surface area contributed by atoms with E-state index in [9.17, 15) is 14.4 Å². The lowest BCUT2D eigenvalue weighted by molar-refractivity contribution is -0.145. The van der Waals surface area contributed by atoms with Crippen molar-refractivity contribution in [2.45, 2.75) is 45.2 Å². The number of nitrogens with two attached hydrogens (primary N) is 1. The van der Waals surface area contributed by atoms with E-state index in [1.807, 2.05) is 24.8 Å². The van der Waals surface area contributed by atoms with E-state index >= 15 is 0 Å². The van der Waals surface area contributed by atoms with Crippen molar-refractivity contribution in [1.82, 2.24) is 9.80 Å². The second-order valence-electron chi connectivity index (χ2n) is 8.41. The fourth-order valence-electron chi connectivity index (χ4n) is 5.00. The van der Waals surface area contributed by atoms with Gasteiger partial charge in [-0.2, -0.15) is 0 Å². The molecular formula is C22H29N3O4. The average Bonchev–Trinajstić information content (AvgIpc) is 3.42. The highest BCUT2D eigenvalue weighted by Gasteiger charge is 2.46. The van der Waals surface area contributed by atoms with E-state index in [-0.39, 0.29) is 29.9 Å². The Morgan fingerprint density at radius 1 is 1.24 bits per heavy atom. The Hall–Kier alpha value is -2.41. The fourth-order valence-corrected chi connectivity index (χ4v) is 5.00. The summed E-state index contributed by atoms with van der Waals surface area (Å²) < 4.78 is 5.12. The summed E-state index contributed by atoms with van der Waals surface area (Å²) in [6.07, 6.45) is 2.71. The third-order valence-corrected chi connectivity index (χ3v) is 6.63. The molecule has 0 aromatic heterocycles. The predicted molar refractivity (Wildman–Crippen MR) is 107 cm³/mol. The van der Waals surface area contributed by atoms with Crippen LogP contribution in [0.4, 0.5) is 0 Å². The van der Waals surface area contributed by atoms with E-state index in [0.29, 0.717) is 23.7 Å². The maximum Gasteiger partial charge on any atom is 0.309 e. The molecule has 2 amide bonds. The molecule has 3 aliphatic rings. The van der Waals surface area contributed by atoms with E-state index in [4.69, 9.17) is 10.5 Å². The SMILES string of the molecule is CCOC(=O)C1CC1CN1CCC(N2C(=O)c3c(C(N)=O)cccc3C2C)CC1. The summed E-state index contributed by atoms with van der Waals surface area (Å²) >= 11 is 0. The molecule has 3 atom stereocenters. The van der Waals surface area contributed by atoms with Crippen LogP contribution in [-0.4, -0.2) is 59.9 Å². The van der Waals surface area contributed by atoms with Crippen molar-refractivity contribution >= 4 is 17.8 Å². The molecule has 1 saturated heterocycles. The minimum absolute atomic E-state index is 0.0509. The zero-order chi connectivity index (χ0) is 20.7. The van der Waals surface area contributed by atoms with Gasteiger partial charge in [-0.1, -0.05) is 12.1 Å². The van der Waals surface area contributed by atoms with Crippen LogP contribution < -0.4 is 5.73 Å². The Balaban J connectivity index is 1.36. The lowest BCUT2D eigenvalue weighted by Crippen LogP contribution is -2.46. The van der Waals surface area contributed by atoms with Gasteiger partial charge in [0.15, 0.2) is 0 Å². The van der Waals surface area contributed by atoms with E-state index in [0.717, 1.165) is 44.5 Å². The van der Waals surface area contributed by atoms with E-state index < -0.39 is 5.91 Å². The first-order valence-corrected chi connectivity index (χ1v) is 10.6. The number of primary amides is 1. The molecule has 29 heavy (non-hydrogen) atoms. The Labute approximate surface area is 171 Å². The standard InChI is InChI=1S/C22H29N3O4/c1-3-29-22(28)18-11-14(18)12-24-9-7-15(8-10-24)25-13(2)16-5-4-6-17(20(23)26)19(16)21(25)27/h4-6,13-15,18H,3,7-12H2,1-2H3,(H2,23,26). The van der Waals surface area contributed by atoms with E-state index in [1.165, 1.54) is 0 Å². The quantitative estimate of drug-likeness (QED) is 0.738. The lowest BCUT2D eigenvalue weighted by Gasteiger charge is -2.39. The minimum Gasteiger partial charge on any atom is -0.466 e. The highest BCUT2D eigenvalue weighted by molar-refractivity contribution is 6.09. The molecule has 1 aliphatic carbocycles. The highest BCUT2D eigenvalue weighted by atomic mass is 16.5. The molecule has 0 bridgehead atoms. The summed E-state index contributed by atoms with van der Waals surface area (Å²) in [4.78, 5) is 41.1. The Bertz CT molecular complexity index is 831. The molecule has 0 spiro atoms. The summed E-state index contributed by atoms with van der Waals surface area (Å²) in [6, 6.07) is 5.45. The van der Waals surface area contributed by atoms with Crippen LogP contribution in [0.25, 0.3) is 0 Å². The van der Waals surface area contributed by atoms with Gasteiger partial charge >= 0.3 is 5.97 Å². The molecule has 1 aromatic carbocycles. The number of hydrogen-bond acceptors (Lipinski definition) is 5. The molecule has 7 heteroatoms. The average molecular weight is 399 g/mol. The van der Waals surface area contributed by atoms with Crippen LogP contribution in [0.2, 0.25) is 0 Å². The fraction of sp³-hybridized carbons (Fsp3) is 0.591. The number of likely N-dealkylation sites (tertiary alicyclic amines) is 1. The Morgan fingerprint density at radius 3 is 2.62 bits per heavy atom. The van der Waals surface area contributed by atoms with Gasteiger partial charge in [0.2, 0.25) is 5.91 Å². The molecule has 2 N–H and O–H groups in total. The number of hydrogen-bond donors (Lipinski definition) is 1. The largest absolute Gasteiger partial charge is 0.466 e. The first-order valence-electron chi connectivity index (χ1n) is 10.6. The molecule has 1 aromatic rings. The van der Waals surface area contributed by atoms with Gasteiger partial charge < -0.3 is 20.3 Å². The maximum atomic E-state index is 13.1. The molecule has 1 saturated carbocycles. The molecular weight excluding hydrogens is 370 g/mol. The topological polar surface area (TPSA) is 92.9 Å². The number of nitrogens with zero attached hydrogens (tertiary/aromatic N) is 2. The van der Waals surface area contributed by atoms with Crippen LogP contribution in [0.1, 0.15) is 65.4 Å². The number of benzene rings is 1. The number of piperidine rings is 1. The van der Waals surface area contributed by atoms with Gasteiger partial charge in [-0.05, 0) is 50.7 Å². The van der Waals surface area contributed by atoms with Crippen LogP contribution >= 0.6 is 0 Å². The van der Waals surface area contributed by atoms with Gasteiger partial charge in [-0.3, -0.25) is 14.4 Å². The van der Waals surface area contributed by atoms with Gasteiger partial charge in [0.05, 0.1) is 29.7 Å². The third kappa shape index (κ3) is 3.64. The van der Waals surface area contributed by atoms with Crippen LogP contribution in [0.3, 0.4) is 0 Å². The Morgan fingerprint density at radius 2 is 1.97 bits per heavy atom. The summed E-state index contributed by atoms with van der Waals surface area (Å²) in [5.41, 5.74) is 7.18. The van der Waals surface area contributed by atoms with Crippen molar-refractivity contribution in [2.24, 2.45) is 17.6 Å². The molecule has 0 radical (unpaired) electrons. The van der Waals surface area contributed by atoms with Crippen molar-refractivity contribution in [3.63, 3.8) is 0 Å². The van der Waals surface area contributed by atoms with Crippen LogP contribution in [0, 0.1) is 11.8 Å². The van der Waals surface area contributed by atoms with Crippen molar-refractivity contribution in [1.29, 1.82) is 0 Å². The summed E-state index contributed by atoms with van der Waals surface area (Å²) in [6.45, 7) is 7.04. The minimum atomic E-state index is -0.556. The molecule has 3 unspecified atom stereocenters. The number of amides is 2. The van der Waals surface area contributed by atoms with E-state index in [1.54, 1.807) is 12.1 Å². The van der Waals surface area contributed by atoms with Crippen LogP contribution in [-0.2, 0) is 9.53 Å². The van der Waals surface area contributed by atoms with Gasteiger partial charge in [-0.15, -0.1) is 0 Å². The van der Waals surface area contributed by atoms with Crippen molar-refractivity contribution in [3.05, 3.63) is 34.9 Å². The van der Waals surface area contributed by atoms with Crippen LogP contribution in [0.5, 0.6) is 0 Å². The second-order valence-corrected chi connectivity index (χ2v) is 8.41. The lowest BCUT2D eigenvalue weighted by atomic mass is 9.99. The monoisotopic (exact) mass is 399 g/mol. The zero-order valence-electron chi connectivity index (χ0n) is 17.1. The number of fused-ring (bicyclic) bond motifs is 1. The highest BCUT2D eigenvalue weighted by Crippen LogP contribution is 2.42. The van der Waals surface area contributed by atoms with Gasteiger partial charge in [0.1, 0.15) is 0 Å². The number of esters is 1. The van der Waals surface area contributed by atoms with Gasteiger partial charge in [0.25, 0.3) is 5.91 Å². The van der Waals surface area contributed by atoms with Gasteiger partial charge in [0, 0.05) is 25.7 Å². The smallest absolute Gasteiger partial charge is 0.309 e. The first kappa shape index (κ1) is 19.9. The zero-order valence-corrected chi connectivity index (χ0v) is 17.1. The van der Waals surface area contributed by atoms with Gasteiger partial charge in [-0.25, -0.2) is 0 Å². The summed E-state index contributed by atoms with van der Waals surface area (Å²) in [7, 11) is 0. The number of ether oxygens (including phenoxy) is 1. The normalized spacial score (nSPS) is 27.0. The molecule has 7 nitrogen and oxygen atoms in total. The molecule has 2 heterocycles. The van der Waals surface area contributed by atoms with Crippen molar-refractivity contribution in [2.75, 3.05) is 26.2 Å². The number of carbonyl (C=O) groups excluding carboxylic acids is 3. The predicted octanol–water partition coefficient (Wildman–Crippen LogP) is 1.97.